The van der Waals surface area contributed by atoms with E-state index in [1.165, 1.54) is 12.1 Å². The molecule has 0 bridgehead atoms. The number of nitrogens with one attached hydrogen (secondary N) is 3. The lowest BCUT2D eigenvalue weighted by molar-refractivity contribution is 0.0973. The van der Waals surface area contributed by atoms with E-state index in [1.54, 1.807) is 42.5 Å². The highest BCUT2D eigenvalue weighted by molar-refractivity contribution is 9.10. The first-order valence-electron chi connectivity index (χ1n) is 10.8. The minimum Gasteiger partial charge on any atom is -0.493 e. The monoisotopic (exact) mass is 575 g/mol. The van der Waals surface area contributed by atoms with Crippen molar-refractivity contribution >= 4 is 60.6 Å². The summed E-state index contributed by atoms with van der Waals surface area (Å²) in [5.41, 5.74) is 3.30. The largest absolute Gasteiger partial charge is 0.493 e. The van der Waals surface area contributed by atoms with Gasteiger partial charge in [0.25, 0.3) is 15.9 Å². The van der Waals surface area contributed by atoms with Crippen LogP contribution < -0.4 is 20.1 Å². The quantitative estimate of drug-likeness (QED) is 0.294. The van der Waals surface area contributed by atoms with Gasteiger partial charge in [-0.1, -0.05) is 28.9 Å². The van der Waals surface area contributed by atoms with Crippen molar-refractivity contribution in [1.82, 2.24) is 5.32 Å². The van der Waals surface area contributed by atoms with Crippen LogP contribution >= 0.6 is 28.1 Å². The molecule has 3 aromatic rings. The average molecular weight is 577 g/mol. The first-order valence-corrected chi connectivity index (χ1v) is 13.5. The molecule has 0 aliphatic carbocycles. The number of aryl methyl sites for hydroxylation is 2. The Labute approximate surface area is 219 Å². The second-order valence-corrected chi connectivity index (χ2v) is 10.9. The van der Waals surface area contributed by atoms with Gasteiger partial charge >= 0.3 is 0 Å². The SMILES string of the molecule is CCCOc1ccc(Br)cc1C(=O)NC(=S)Nc1ccc(S(=O)(=O)Nc2cc(C)cc(C)c2)cc1. The number of amides is 1. The Hall–Kier alpha value is -2.95. The summed E-state index contributed by atoms with van der Waals surface area (Å²) in [6.45, 7) is 6.27. The lowest BCUT2D eigenvalue weighted by atomic mass is 10.1. The van der Waals surface area contributed by atoms with Crippen molar-refractivity contribution in [2.24, 2.45) is 0 Å². The molecular formula is C25H26BrN3O4S2. The van der Waals surface area contributed by atoms with E-state index in [-0.39, 0.29) is 10.0 Å². The van der Waals surface area contributed by atoms with E-state index in [2.05, 4.69) is 31.3 Å². The molecule has 10 heteroatoms. The van der Waals surface area contributed by atoms with Gasteiger partial charge in [-0.2, -0.15) is 0 Å². The Morgan fingerprint density at radius 3 is 2.26 bits per heavy atom. The van der Waals surface area contributed by atoms with Gasteiger partial charge in [-0.3, -0.25) is 14.8 Å². The van der Waals surface area contributed by atoms with Gasteiger partial charge in [0.1, 0.15) is 5.75 Å². The number of rotatable bonds is 8. The van der Waals surface area contributed by atoms with Gasteiger partial charge < -0.3 is 10.1 Å². The molecule has 1 amide bonds. The van der Waals surface area contributed by atoms with Crippen LogP contribution in [0.4, 0.5) is 11.4 Å². The zero-order chi connectivity index (χ0) is 25.6. The van der Waals surface area contributed by atoms with E-state index < -0.39 is 15.9 Å². The maximum atomic E-state index is 12.8. The van der Waals surface area contributed by atoms with Gasteiger partial charge in [0.2, 0.25) is 0 Å². The van der Waals surface area contributed by atoms with Gasteiger partial charge in [-0.15, -0.1) is 0 Å². The zero-order valence-electron chi connectivity index (χ0n) is 19.5. The first-order chi connectivity index (χ1) is 16.6. The lowest BCUT2D eigenvalue weighted by Crippen LogP contribution is -2.34. The summed E-state index contributed by atoms with van der Waals surface area (Å²) < 4.78 is 34.5. The van der Waals surface area contributed by atoms with Gasteiger partial charge in [-0.25, -0.2) is 8.42 Å². The van der Waals surface area contributed by atoms with Crippen LogP contribution in [0.1, 0.15) is 34.8 Å². The summed E-state index contributed by atoms with van der Waals surface area (Å²) in [4.78, 5) is 12.9. The molecule has 0 radical (unpaired) electrons. The molecule has 0 aliphatic rings. The van der Waals surface area contributed by atoms with Crippen LogP contribution in [0.5, 0.6) is 5.75 Å². The molecule has 3 aromatic carbocycles. The van der Waals surface area contributed by atoms with Gasteiger partial charge in [-0.05, 0) is 98.2 Å². The Balaban J connectivity index is 1.66. The molecular weight excluding hydrogens is 550 g/mol. The van der Waals surface area contributed by atoms with E-state index in [0.29, 0.717) is 29.3 Å². The number of carbonyl (C=O) groups excluding carboxylic acids is 1. The summed E-state index contributed by atoms with van der Waals surface area (Å²) >= 11 is 8.63. The van der Waals surface area contributed by atoms with Crippen LogP contribution in [0, 0.1) is 13.8 Å². The maximum Gasteiger partial charge on any atom is 0.261 e. The number of benzene rings is 3. The molecule has 0 aliphatic heterocycles. The number of halogens is 1. The molecule has 0 atom stereocenters. The fourth-order valence-electron chi connectivity index (χ4n) is 3.32. The van der Waals surface area contributed by atoms with Crippen LogP contribution in [-0.4, -0.2) is 26.0 Å². The van der Waals surface area contributed by atoms with E-state index in [9.17, 15) is 13.2 Å². The van der Waals surface area contributed by atoms with Crippen molar-refractivity contribution in [2.75, 3.05) is 16.6 Å². The number of ether oxygens (including phenoxy) is 1. The van der Waals surface area contributed by atoms with Gasteiger partial charge in [0.05, 0.1) is 17.1 Å². The van der Waals surface area contributed by atoms with Crippen molar-refractivity contribution in [3.8, 4) is 5.75 Å². The summed E-state index contributed by atoms with van der Waals surface area (Å²) in [5.74, 6) is 0.0352. The molecule has 0 saturated heterocycles. The van der Waals surface area contributed by atoms with E-state index in [4.69, 9.17) is 17.0 Å². The average Bonchev–Trinajstić information content (AvgIpc) is 2.77. The summed E-state index contributed by atoms with van der Waals surface area (Å²) in [6, 6.07) is 16.7. The molecule has 0 saturated carbocycles. The predicted octanol–water partition coefficient (Wildman–Crippen LogP) is 5.78. The highest BCUT2D eigenvalue weighted by atomic mass is 79.9. The van der Waals surface area contributed by atoms with E-state index in [0.717, 1.165) is 22.0 Å². The van der Waals surface area contributed by atoms with E-state index in [1.807, 2.05) is 26.8 Å². The summed E-state index contributed by atoms with van der Waals surface area (Å²) in [6.07, 6.45) is 0.808. The highest BCUT2D eigenvalue weighted by Crippen LogP contribution is 2.24. The Bertz CT molecular complexity index is 1320. The fraction of sp³-hybridized carbons (Fsp3) is 0.200. The van der Waals surface area contributed by atoms with Crippen molar-refractivity contribution < 1.29 is 17.9 Å². The molecule has 3 N–H and O–H groups in total. The third-order valence-corrected chi connectivity index (χ3v) is 6.87. The molecule has 0 fully saturated rings. The Kier molecular flexibility index (Phi) is 8.87. The smallest absolute Gasteiger partial charge is 0.261 e. The molecule has 3 rings (SSSR count). The van der Waals surface area contributed by atoms with Crippen LogP contribution in [0.15, 0.2) is 70.0 Å². The number of hydrogen-bond acceptors (Lipinski definition) is 5. The summed E-state index contributed by atoms with van der Waals surface area (Å²) in [7, 11) is -3.76. The number of anilines is 2. The lowest BCUT2D eigenvalue weighted by Gasteiger charge is -2.14. The second kappa shape index (κ2) is 11.7. The predicted molar refractivity (Wildman–Crippen MR) is 147 cm³/mol. The second-order valence-electron chi connectivity index (χ2n) is 7.90. The number of sulfonamides is 1. The number of carbonyl (C=O) groups is 1. The third kappa shape index (κ3) is 7.51. The van der Waals surface area contributed by atoms with Crippen molar-refractivity contribution in [3.05, 3.63) is 81.8 Å². The molecule has 35 heavy (non-hydrogen) atoms. The molecule has 184 valence electrons. The minimum atomic E-state index is -3.76. The molecule has 0 heterocycles. The van der Waals surface area contributed by atoms with Crippen molar-refractivity contribution in [2.45, 2.75) is 32.1 Å². The first kappa shape index (κ1) is 26.7. The van der Waals surface area contributed by atoms with Crippen LogP contribution in [-0.2, 0) is 10.0 Å². The Morgan fingerprint density at radius 2 is 1.63 bits per heavy atom. The number of thiocarbonyl (C=S) groups is 1. The normalized spacial score (nSPS) is 11.0. The fourth-order valence-corrected chi connectivity index (χ4v) is 4.93. The van der Waals surface area contributed by atoms with Crippen molar-refractivity contribution in [1.29, 1.82) is 0 Å². The Morgan fingerprint density at radius 1 is 0.971 bits per heavy atom. The molecule has 0 aromatic heterocycles. The standard InChI is InChI=1S/C25H26BrN3O4S2/c1-4-11-33-23-10-5-18(26)15-22(23)24(30)28-25(34)27-19-6-8-21(9-7-19)35(31,32)29-20-13-16(2)12-17(3)14-20/h5-10,12-15,29H,4,11H2,1-3H3,(H2,27,28,30,34). The van der Waals surface area contributed by atoms with Crippen LogP contribution in [0.3, 0.4) is 0 Å². The zero-order valence-corrected chi connectivity index (χ0v) is 22.7. The number of hydrogen-bond donors (Lipinski definition) is 3. The van der Waals surface area contributed by atoms with E-state index >= 15 is 0 Å². The minimum absolute atomic E-state index is 0.0698. The molecule has 7 nitrogen and oxygen atoms in total. The van der Waals surface area contributed by atoms with Crippen molar-refractivity contribution in [3.63, 3.8) is 0 Å². The van der Waals surface area contributed by atoms with Crippen LogP contribution in [0.25, 0.3) is 0 Å². The van der Waals surface area contributed by atoms with Gasteiger partial charge in [0, 0.05) is 15.8 Å². The van der Waals surface area contributed by atoms with Gasteiger partial charge in [0.15, 0.2) is 5.11 Å². The maximum absolute atomic E-state index is 12.8. The third-order valence-electron chi connectivity index (χ3n) is 4.77. The van der Waals surface area contributed by atoms with Crippen LogP contribution in [0.2, 0.25) is 0 Å². The highest BCUT2D eigenvalue weighted by Gasteiger charge is 2.17. The topological polar surface area (TPSA) is 96.5 Å². The summed E-state index contributed by atoms with van der Waals surface area (Å²) in [5, 5.41) is 5.59. The molecule has 0 spiro atoms. The molecule has 0 unspecified atom stereocenters.